The zero-order valence-corrected chi connectivity index (χ0v) is 12.1. The van der Waals surface area contributed by atoms with Gasteiger partial charge in [-0.3, -0.25) is 25.9 Å². The molecule has 21 heavy (non-hydrogen) atoms. The first-order chi connectivity index (χ1) is 10.1. The van der Waals surface area contributed by atoms with E-state index >= 15 is 0 Å². The quantitative estimate of drug-likeness (QED) is 0.454. The van der Waals surface area contributed by atoms with Gasteiger partial charge in [-0.25, -0.2) is 0 Å². The summed E-state index contributed by atoms with van der Waals surface area (Å²) in [7, 11) is 0. The van der Waals surface area contributed by atoms with Gasteiger partial charge in [-0.05, 0) is 37.1 Å². The van der Waals surface area contributed by atoms with Crippen LogP contribution in [-0.4, -0.2) is 20.6 Å². The molecule has 2 aromatic rings. The van der Waals surface area contributed by atoms with Crippen molar-refractivity contribution in [1.29, 1.82) is 5.41 Å². The summed E-state index contributed by atoms with van der Waals surface area (Å²) in [6, 6.07) is 5.37. The molecule has 0 aliphatic rings. The van der Waals surface area contributed by atoms with E-state index in [-0.39, 0.29) is 17.0 Å². The van der Waals surface area contributed by atoms with E-state index in [1.54, 1.807) is 28.5 Å². The van der Waals surface area contributed by atoms with Gasteiger partial charge in [-0.2, -0.15) is 0 Å². The molecule has 0 spiro atoms. The molecule has 0 unspecified atom stereocenters. The fraction of sp³-hybridized carbons (Fsp3) is 0.267. The maximum absolute atomic E-state index is 12.4. The van der Waals surface area contributed by atoms with E-state index in [1.807, 2.05) is 26.0 Å². The lowest BCUT2D eigenvalue weighted by atomic mass is 10.0. The Balaban J connectivity index is 2.80. The highest BCUT2D eigenvalue weighted by atomic mass is 16.5. The predicted molar refractivity (Wildman–Crippen MR) is 80.7 cm³/mol. The van der Waals surface area contributed by atoms with E-state index in [0.717, 1.165) is 16.8 Å². The summed E-state index contributed by atoms with van der Waals surface area (Å²) in [6.45, 7) is 4.38. The first-order valence-corrected chi connectivity index (χ1v) is 6.80. The van der Waals surface area contributed by atoms with Crippen LogP contribution in [0.5, 0.6) is 0 Å². The molecule has 2 aromatic heterocycles. The van der Waals surface area contributed by atoms with Gasteiger partial charge in [0.25, 0.3) is 5.56 Å². The molecule has 0 radical (unpaired) electrons. The molecule has 0 aliphatic heterocycles. The second-order valence-electron chi connectivity index (χ2n) is 4.54. The van der Waals surface area contributed by atoms with E-state index in [1.165, 1.54) is 0 Å². The smallest absolute Gasteiger partial charge is 0.261 e. The molecule has 0 aromatic carbocycles. The number of hydroxylamine groups is 1. The molecule has 0 amide bonds. The lowest BCUT2D eigenvalue weighted by Gasteiger charge is -2.17. The highest BCUT2D eigenvalue weighted by Crippen LogP contribution is 2.23. The van der Waals surface area contributed by atoms with Crippen LogP contribution >= 0.6 is 0 Å². The Labute approximate surface area is 122 Å². The number of pyridine rings is 2. The van der Waals surface area contributed by atoms with Crippen LogP contribution < -0.4 is 11.0 Å². The molecule has 0 aliphatic carbocycles. The third-order valence-electron chi connectivity index (χ3n) is 3.42. The van der Waals surface area contributed by atoms with E-state index in [2.05, 4.69) is 4.98 Å². The van der Waals surface area contributed by atoms with Crippen molar-refractivity contribution >= 4 is 5.84 Å². The molecule has 110 valence electrons. The second-order valence-corrected chi connectivity index (χ2v) is 4.54. The maximum atomic E-state index is 12.4. The van der Waals surface area contributed by atoms with E-state index in [0.29, 0.717) is 13.0 Å². The third-order valence-corrected chi connectivity index (χ3v) is 3.42. The van der Waals surface area contributed by atoms with E-state index in [4.69, 9.17) is 10.6 Å². The third kappa shape index (κ3) is 2.71. The van der Waals surface area contributed by atoms with Crippen LogP contribution in [0.3, 0.4) is 0 Å². The number of hydrogen-bond donors (Lipinski definition) is 3. The standard InChI is InChI=1S/C15H18N4O2/c1-3-13-11(10-5-7-17-8-6-10)9-12(14(16)18-21)15(20)19(13)4-2/h5-9,21H,3-4H2,1-2H3,(H2,16,18). The van der Waals surface area contributed by atoms with Crippen molar-refractivity contribution < 1.29 is 5.21 Å². The van der Waals surface area contributed by atoms with Gasteiger partial charge in [0.2, 0.25) is 0 Å². The fourth-order valence-corrected chi connectivity index (χ4v) is 2.44. The summed E-state index contributed by atoms with van der Waals surface area (Å²) >= 11 is 0. The zero-order valence-electron chi connectivity index (χ0n) is 12.1. The summed E-state index contributed by atoms with van der Waals surface area (Å²) in [5, 5.41) is 16.6. The van der Waals surface area contributed by atoms with Gasteiger partial charge in [0.15, 0.2) is 5.84 Å². The van der Waals surface area contributed by atoms with Gasteiger partial charge in [-0.15, -0.1) is 0 Å². The van der Waals surface area contributed by atoms with Crippen LogP contribution in [-0.2, 0) is 13.0 Å². The normalized spacial score (nSPS) is 10.4. The largest absolute Gasteiger partial charge is 0.312 e. The minimum atomic E-state index is -0.305. The van der Waals surface area contributed by atoms with Crippen molar-refractivity contribution in [2.24, 2.45) is 0 Å². The Morgan fingerprint density at radius 1 is 1.38 bits per heavy atom. The predicted octanol–water partition coefficient (Wildman–Crippen LogP) is 1.80. The van der Waals surface area contributed by atoms with Crippen molar-refractivity contribution in [3.8, 4) is 11.1 Å². The number of amidine groups is 1. The summed E-state index contributed by atoms with van der Waals surface area (Å²) < 4.78 is 1.64. The molecule has 0 atom stereocenters. The van der Waals surface area contributed by atoms with Crippen LogP contribution in [0.2, 0.25) is 0 Å². The minimum Gasteiger partial charge on any atom is -0.312 e. The summed E-state index contributed by atoms with van der Waals surface area (Å²) in [5.74, 6) is -0.305. The van der Waals surface area contributed by atoms with Gasteiger partial charge < -0.3 is 4.57 Å². The minimum absolute atomic E-state index is 0.142. The lowest BCUT2D eigenvalue weighted by molar-refractivity contribution is 0.234. The van der Waals surface area contributed by atoms with Gasteiger partial charge in [0, 0.05) is 30.2 Å². The van der Waals surface area contributed by atoms with Crippen LogP contribution in [0, 0.1) is 5.41 Å². The van der Waals surface area contributed by atoms with Gasteiger partial charge >= 0.3 is 0 Å². The highest BCUT2D eigenvalue weighted by Gasteiger charge is 2.16. The molecule has 0 fully saturated rings. The molecule has 0 bridgehead atoms. The molecule has 2 heterocycles. The Hall–Kier alpha value is -2.47. The average Bonchev–Trinajstić information content (AvgIpc) is 2.54. The maximum Gasteiger partial charge on any atom is 0.261 e. The number of aromatic nitrogens is 2. The summed E-state index contributed by atoms with van der Waals surface area (Å²) in [5.41, 5.74) is 4.31. The Bertz CT molecular complexity index is 708. The zero-order chi connectivity index (χ0) is 15.4. The summed E-state index contributed by atoms with van der Waals surface area (Å²) in [6.07, 6.45) is 4.07. The first kappa shape index (κ1) is 14.9. The second kappa shape index (κ2) is 6.32. The van der Waals surface area contributed by atoms with Crippen molar-refractivity contribution in [3.05, 3.63) is 52.2 Å². The van der Waals surface area contributed by atoms with Crippen LogP contribution in [0.25, 0.3) is 11.1 Å². The van der Waals surface area contributed by atoms with Crippen LogP contribution in [0.4, 0.5) is 0 Å². The van der Waals surface area contributed by atoms with Crippen LogP contribution in [0.15, 0.2) is 35.4 Å². The van der Waals surface area contributed by atoms with E-state index in [9.17, 15) is 4.79 Å². The Morgan fingerprint density at radius 3 is 2.57 bits per heavy atom. The molecular weight excluding hydrogens is 268 g/mol. The molecule has 0 saturated carbocycles. The van der Waals surface area contributed by atoms with Crippen molar-refractivity contribution in [1.82, 2.24) is 15.0 Å². The summed E-state index contributed by atoms with van der Waals surface area (Å²) in [4.78, 5) is 16.4. The van der Waals surface area contributed by atoms with Crippen LogP contribution in [0.1, 0.15) is 25.1 Å². The number of hydrogen-bond acceptors (Lipinski definition) is 4. The van der Waals surface area contributed by atoms with Gasteiger partial charge in [-0.1, -0.05) is 6.92 Å². The Morgan fingerprint density at radius 2 is 2.05 bits per heavy atom. The monoisotopic (exact) mass is 286 g/mol. The van der Waals surface area contributed by atoms with Crippen molar-refractivity contribution in [2.75, 3.05) is 0 Å². The van der Waals surface area contributed by atoms with E-state index < -0.39 is 0 Å². The fourth-order valence-electron chi connectivity index (χ4n) is 2.44. The molecule has 3 N–H and O–H groups in total. The average molecular weight is 286 g/mol. The first-order valence-electron chi connectivity index (χ1n) is 6.80. The topological polar surface area (TPSA) is 91.0 Å². The number of nitrogens with zero attached hydrogens (tertiary/aromatic N) is 2. The molecule has 2 rings (SSSR count). The Kier molecular flexibility index (Phi) is 4.49. The molecule has 6 nitrogen and oxygen atoms in total. The van der Waals surface area contributed by atoms with Gasteiger partial charge in [0.1, 0.15) is 0 Å². The number of rotatable bonds is 4. The highest BCUT2D eigenvalue weighted by molar-refractivity contribution is 5.96. The lowest BCUT2D eigenvalue weighted by Crippen LogP contribution is -2.33. The van der Waals surface area contributed by atoms with Gasteiger partial charge in [0.05, 0.1) is 5.56 Å². The van der Waals surface area contributed by atoms with Crippen molar-refractivity contribution in [3.63, 3.8) is 0 Å². The number of nitrogens with one attached hydrogen (secondary N) is 2. The molecule has 6 heteroatoms. The molecular formula is C15H18N4O2. The SMILES string of the molecule is CCc1c(-c2ccncc2)cc(C(=N)NO)c(=O)n1CC. The van der Waals surface area contributed by atoms with Crippen molar-refractivity contribution in [2.45, 2.75) is 26.8 Å². The molecule has 0 saturated heterocycles.